The fourth-order valence-electron chi connectivity index (χ4n) is 24.2. The van der Waals surface area contributed by atoms with Gasteiger partial charge in [-0.05, 0) is 310 Å². The average molecular weight is 2000 g/mol. The minimum atomic E-state index is -0.628. The maximum Gasteiger partial charge on any atom is 2.00 e. The Morgan fingerprint density at radius 1 is 0.245 bits per heavy atom. The molecule has 10 heterocycles. The van der Waals surface area contributed by atoms with Gasteiger partial charge in [-0.1, -0.05) is 257 Å². The quantitative estimate of drug-likeness (QED) is 0.0153. The van der Waals surface area contributed by atoms with Gasteiger partial charge in [0, 0.05) is 53.9 Å². The fraction of sp³-hybridized carbons (Fsp3) is 0.372. The molecule has 1 aliphatic carbocycles. The molecule has 16 bridgehead atoms. The van der Waals surface area contributed by atoms with Gasteiger partial charge in [-0.25, -0.2) is 19.9 Å². The van der Waals surface area contributed by atoms with Crippen LogP contribution in [-0.2, 0) is 89.8 Å². The van der Waals surface area contributed by atoms with Crippen molar-refractivity contribution in [1.82, 2.24) is 39.9 Å². The number of benzene rings is 6. The van der Waals surface area contributed by atoms with Crippen LogP contribution in [0.5, 0.6) is 0 Å². The number of aromatic nitrogens is 8. The number of hydrogen-bond donors (Lipinski definition) is 0. The Morgan fingerprint density at radius 2 is 0.469 bits per heavy atom. The minimum Gasteiger partial charge on any atom is -0.657 e. The largest absolute Gasteiger partial charge is 2.00 e. The second-order valence-corrected chi connectivity index (χ2v) is 37.9. The molecule has 0 atom stereocenters. The van der Waals surface area contributed by atoms with E-state index in [0.29, 0.717) is 103 Å². The molecule has 0 N–H and O–H groups in total. The summed E-state index contributed by atoms with van der Waals surface area (Å²) in [7, 11) is 0. The van der Waals surface area contributed by atoms with E-state index >= 15 is 0 Å². The molecule has 12 aromatic rings. The summed E-state index contributed by atoms with van der Waals surface area (Å²) in [5, 5.41) is 51.1. The molecule has 22 heteroatoms. The number of rotatable bonds is 36. The smallest absolute Gasteiger partial charge is 0.657 e. The van der Waals surface area contributed by atoms with Crippen LogP contribution in [0.15, 0.2) is 146 Å². The van der Waals surface area contributed by atoms with Crippen LogP contribution in [-0.4, -0.2) is 39.6 Å². The van der Waals surface area contributed by atoms with Gasteiger partial charge in [-0.15, -0.1) is 44.1 Å². The maximum atomic E-state index is 12.8. The van der Waals surface area contributed by atoms with E-state index in [-0.39, 0.29) is 75.4 Å². The van der Waals surface area contributed by atoms with E-state index in [9.17, 15) is 40.5 Å². The van der Waals surface area contributed by atoms with Gasteiger partial charge in [0.05, 0.1) is 65.2 Å². The van der Waals surface area contributed by atoms with Crippen LogP contribution in [0.2, 0.25) is 0 Å². The standard InChI is InChI=1S/C121H130N12O8.2Ni/c1-19-37-39-41-63-121(64-42-40-38-20-2)97-65-73(107-117-91(33-15)87(29-11)113(126-117)103(69-43-53-75(54-44-69)130(134)135)109-83(25-7)79(21-3)99(122-109)67-100-80(22-4)84(26-8)110(123-100)104(70-45-55-76(56-46-70)131(136)137)114-88(30-12)92(34-16)118(107)127-114)51-61-95(97)96-62-52-74(66-98(96)121)108-119-93(35-17)89(31-13)115(128-119)105(71-47-57-77(58-48-71)132(138)139)111-85(27-9)81(23-5)101(124-111)68-102-82(24-6)86(28-10)112(125-102)106(72-49-59-78(60-50-72)133(140)141)116-90(32-14)94(36-18)120(108)129-116;;/h43-62,65-68H,19-42,63-64H2,1-18H3;;/q-4;2*+2. The van der Waals surface area contributed by atoms with Crippen LogP contribution in [0, 0.1) is 40.5 Å². The van der Waals surface area contributed by atoms with Crippen molar-refractivity contribution in [2.24, 2.45) is 0 Å². The molecular weight excluding hydrogens is 1870 g/mol. The average Bonchev–Trinajstić information content (AvgIpc) is 1.54. The zero-order valence-electron chi connectivity index (χ0n) is 86.0. The van der Waals surface area contributed by atoms with Gasteiger partial charge in [-0.3, -0.25) is 40.5 Å². The third-order valence-electron chi connectivity index (χ3n) is 30.8. The van der Waals surface area contributed by atoms with E-state index in [0.717, 1.165) is 321 Å². The van der Waals surface area contributed by atoms with Crippen LogP contribution >= 0.6 is 0 Å². The number of hydrogen-bond acceptors (Lipinski definition) is 12. The SMILES string of the molecule is CCCCCCC1(CCCCCC)c2cc(-c3c4nc(c(-c5ccc([N+](=O)[O-])cc5)c5[n-]c(cc6nc(c(-c7ccc([N+](=O)[O-])cc7)c7[n-]c3c(CC)c7CC)C(CC)=C6CC)c(CC)c5CC)C(CC)=C4CC)ccc2-c2ccc(-c3c4nc(c(-c5ccc([N+](=O)[O-])cc5)c5[n-]c(cc6nc(c(-c7ccc([N+](=O)[O-])cc7)c7[n-]c3c(CC)c7CC)C(CC)=C6CC)c(CC)c5CC)C(CC)=C4CC)cc21.[Ni+2].[Ni+2]. The van der Waals surface area contributed by atoms with Crippen LogP contribution in [0.4, 0.5) is 22.7 Å². The van der Waals surface area contributed by atoms with E-state index in [1.807, 2.05) is 48.5 Å². The van der Waals surface area contributed by atoms with Gasteiger partial charge in [0.1, 0.15) is 0 Å². The van der Waals surface area contributed by atoms with Crippen molar-refractivity contribution in [2.45, 2.75) is 297 Å². The van der Waals surface area contributed by atoms with E-state index in [1.54, 1.807) is 48.5 Å². The summed E-state index contributed by atoms with van der Waals surface area (Å²) >= 11 is 0. The molecule has 0 spiro atoms. The number of fused-ring (bicyclic) bond motifs is 19. The van der Waals surface area contributed by atoms with Gasteiger partial charge >= 0.3 is 33.0 Å². The van der Waals surface area contributed by atoms with Crippen molar-refractivity contribution in [3.05, 3.63) is 287 Å². The van der Waals surface area contributed by atoms with Crippen molar-refractivity contribution in [2.75, 3.05) is 0 Å². The van der Waals surface area contributed by atoms with E-state index in [4.69, 9.17) is 39.9 Å². The van der Waals surface area contributed by atoms with Crippen molar-refractivity contribution in [1.29, 1.82) is 0 Å². The summed E-state index contributed by atoms with van der Waals surface area (Å²) < 4.78 is 0. The van der Waals surface area contributed by atoms with E-state index < -0.39 is 5.41 Å². The number of nitro benzene ring substituents is 4. The molecule has 0 radical (unpaired) electrons. The summed E-state index contributed by atoms with van der Waals surface area (Å²) in [5.74, 6) is 0. The third-order valence-corrected chi connectivity index (χ3v) is 30.8. The summed E-state index contributed by atoms with van der Waals surface area (Å²) in [6, 6.07) is 46.6. The molecule has 0 unspecified atom stereocenters. The second kappa shape index (κ2) is 44.1. The Morgan fingerprint density at radius 3 is 0.706 bits per heavy atom. The topological polar surface area (TPSA) is 281 Å². The molecule has 0 saturated heterocycles. The van der Waals surface area contributed by atoms with Crippen molar-refractivity contribution in [3.8, 4) is 77.9 Å². The van der Waals surface area contributed by atoms with Gasteiger partial charge in [0.2, 0.25) is 0 Å². The van der Waals surface area contributed by atoms with Crippen molar-refractivity contribution >= 4 is 111 Å². The third kappa shape index (κ3) is 18.1. The molecule has 143 heavy (non-hydrogen) atoms. The monoisotopic (exact) mass is 1990 g/mol. The van der Waals surface area contributed by atoms with Crippen LogP contribution in [0.1, 0.15) is 341 Å². The first-order valence-corrected chi connectivity index (χ1v) is 52.2. The Balaban J connectivity index is 0.00000770. The molecule has 0 saturated carbocycles. The van der Waals surface area contributed by atoms with Gasteiger partial charge in [0.15, 0.2) is 0 Å². The first-order valence-electron chi connectivity index (χ1n) is 52.2. The van der Waals surface area contributed by atoms with Crippen LogP contribution < -0.4 is 19.9 Å². The summed E-state index contributed by atoms with van der Waals surface area (Å²) in [5.41, 5.74) is 43.4. The molecule has 4 aliphatic heterocycles. The van der Waals surface area contributed by atoms with Crippen molar-refractivity contribution < 1.29 is 52.7 Å². The normalized spacial score (nSPS) is 13.2. The second-order valence-electron chi connectivity index (χ2n) is 37.9. The summed E-state index contributed by atoms with van der Waals surface area (Å²) in [6.45, 7) is 39.8. The minimum absolute atomic E-state index is 0. The molecule has 6 aromatic carbocycles. The van der Waals surface area contributed by atoms with Gasteiger partial charge in [0.25, 0.3) is 22.7 Å². The number of nitro groups is 4. The number of non-ortho nitro benzene ring substituents is 4. The Hall–Kier alpha value is -12.9. The Kier molecular flexibility index (Phi) is 32.2. The fourth-order valence-corrected chi connectivity index (χ4v) is 24.2. The first kappa shape index (κ1) is 104. The Labute approximate surface area is 860 Å². The van der Waals surface area contributed by atoms with Crippen molar-refractivity contribution in [3.63, 3.8) is 0 Å². The predicted molar refractivity (Wildman–Crippen MR) is 579 cm³/mol. The molecule has 5 aliphatic rings. The molecular formula is C121H130N12Ni2O8. The number of allylic oxidation sites excluding steroid dienone is 8. The first-order chi connectivity index (χ1) is 68.5. The van der Waals surface area contributed by atoms with Crippen LogP contribution in [0.25, 0.3) is 167 Å². The molecule has 17 rings (SSSR count). The number of nitrogens with zero attached hydrogens (tertiary/aromatic N) is 12. The number of unbranched alkanes of at least 4 members (excludes halogenated alkanes) is 6. The Bertz CT molecular complexity index is 7010. The molecule has 742 valence electrons. The predicted octanol–water partition coefficient (Wildman–Crippen LogP) is 32.7. The van der Waals surface area contributed by atoms with Gasteiger partial charge in [-0.2, -0.15) is 0 Å². The molecule has 6 aromatic heterocycles. The van der Waals surface area contributed by atoms with Gasteiger partial charge < -0.3 is 19.9 Å². The maximum absolute atomic E-state index is 12.8. The summed E-state index contributed by atoms with van der Waals surface area (Å²) in [4.78, 5) is 98.3. The number of aryl methyl sites for hydroxylation is 8. The molecule has 0 amide bonds. The summed E-state index contributed by atoms with van der Waals surface area (Å²) in [6.07, 6.45) is 19.6. The van der Waals surface area contributed by atoms with E-state index in [2.05, 4.69) is 173 Å². The van der Waals surface area contributed by atoms with E-state index in [1.165, 1.54) is 11.1 Å². The van der Waals surface area contributed by atoms with Crippen LogP contribution in [0.3, 0.4) is 0 Å². The molecule has 0 fully saturated rings. The molecule has 20 nitrogen and oxygen atoms in total. The zero-order chi connectivity index (χ0) is 99.8. The zero-order valence-corrected chi connectivity index (χ0v) is 88.0.